The van der Waals surface area contributed by atoms with Crippen LogP contribution in [0.2, 0.25) is 0 Å². The molecule has 0 aliphatic heterocycles. The second-order valence-electron chi connectivity index (χ2n) is 5.11. The Hall–Kier alpha value is 0.270. The van der Waals surface area contributed by atoms with Gasteiger partial charge >= 0.3 is 0 Å². The van der Waals surface area contributed by atoms with Crippen LogP contribution in [0.15, 0.2) is 0 Å². The molecule has 0 aromatic rings. The van der Waals surface area contributed by atoms with Crippen molar-refractivity contribution in [3.05, 3.63) is 0 Å². The zero-order valence-corrected chi connectivity index (χ0v) is 11.1. The van der Waals surface area contributed by atoms with Crippen LogP contribution >= 0.6 is 11.8 Å². The van der Waals surface area contributed by atoms with E-state index in [4.69, 9.17) is 0 Å². The summed E-state index contributed by atoms with van der Waals surface area (Å²) in [5, 5.41) is 13.4. The number of hydrogen-bond donors (Lipinski definition) is 2. The molecule has 0 bridgehead atoms. The highest BCUT2D eigenvalue weighted by Crippen LogP contribution is 2.37. The first-order valence-corrected chi connectivity index (χ1v) is 7.08. The molecular formula is C12H25NOS. The van der Waals surface area contributed by atoms with Gasteiger partial charge in [0.25, 0.3) is 0 Å². The van der Waals surface area contributed by atoms with E-state index < -0.39 is 0 Å². The molecule has 1 saturated carbocycles. The van der Waals surface area contributed by atoms with Gasteiger partial charge in [-0.2, -0.15) is 11.8 Å². The number of hydrogen-bond acceptors (Lipinski definition) is 3. The van der Waals surface area contributed by atoms with Gasteiger partial charge in [-0.1, -0.05) is 13.8 Å². The first-order chi connectivity index (χ1) is 7.12. The molecule has 0 aromatic carbocycles. The van der Waals surface area contributed by atoms with Gasteiger partial charge < -0.3 is 10.4 Å². The summed E-state index contributed by atoms with van der Waals surface area (Å²) in [5.41, 5.74) is 0.0233. The fraction of sp³-hybridized carbons (Fsp3) is 1.00. The van der Waals surface area contributed by atoms with Crippen LogP contribution in [-0.4, -0.2) is 35.3 Å². The van der Waals surface area contributed by atoms with Crippen LogP contribution in [0.4, 0.5) is 0 Å². The lowest BCUT2D eigenvalue weighted by molar-refractivity contribution is 0.173. The zero-order chi connectivity index (χ0) is 11.3. The fourth-order valence-corrected chi connectivity index (χ4v) is 3.80. The van der Waals surface area contributed by atoms with Gasteiger partial charge in [-0.3, -0.25) is 0 Å². The number of aliphatic hydroxyl groups excluding tert-OH is 1. The molecule has 0 aromatic heterocycles. The third-order valence-electron chi connectivity index (χ3n) is 3.45. The molecule has 1 aliphatic rings. The predicted molar refractivity (Wildman–Crippen MR) is 68.4 cm³/mol. The summed E-state index contributed by atoms with van der Waals surface area (Å²) >= 11 is 2.09. The molecule has 1 rings (SSSR count). The van der Waals surface area contributed by atoms with Gasteiger partial charge in [-0.05, 0) is 44.4 Å². The van der Waals surface area contributed by atoms with E-state index in [0.29, 0.717) is 0 Å². The molecule has 0 radical (unpaired) electrons. The van der Waals surface area contributed by atoms with Gasteiger partial charge in [0.2, 0.25) is 0 Å². The van der Waals surface area contributed by atoms with Crippen molar-refractivity contribution in [2.45, 2.75) is 50.3 Å². The van der Waals surface area contributed by atoms with Crippen molar-refractivity contribution in [1.82, 2.24) is 5.32 Å². The largest absolute Gasteiger partial charge is 0.394 e. The molecule has 0 amide bonds. The molecule has 2 nitrogen and oxygen atoms in total. The van der Waals surface area contributed by atoms with Gasteiger partial charge in [0, 0.05) is 10.8 Å². The minimum absolute atomic E-state index is 0.0233. The van der Waals surface area contributed by atoms with Crippen molar-refractivity contribution in [3.63, 3.8) is 0 Å². The van der Waals surface area contributed by atoms with Crippen LogP contribution in [0.25, 0.3) is 0 Å². The smallest absolute Gasteiger partial charge is 0.0613 e. The van der Waals surface area contributed by atoms with Crippen LogP contribution < -0.4 is 5.32 Å². The third-order valence-corrected chi connectivity index (χ3v) is 4.79. The lowest BCUT2D eigenvalue weighted by Crippen LogP contribution is -2.44. The van der Waals surface area contributed by atoms with Gasteiger partial charge in [0.05, 0.1) is 6.61 Å². The standard InChI is InChI=1S/C12H25NOS/c1-10(2)5-7-15-11-4-6-12(8-11,9-14)13-3/h10-11,13-14H,4-9H2,1-3H3. The monoisotopic (exact) mass is 231 g/mol. The highest BCUT2D eigenvalue weighted by atomic mass is 32.2. The molecule has 90 valence electrons. The number of nitrogens with one attached hydrogen (secondary N) is 1. The average Bonchev–Trinajstić information content (AvgIpc) is 2.62. The molecule has 0 saturated heterocycles. The van der Waals surface area contributed by atoms with E-state index in [9.17, 15) is 5.11 Å². The second kappa shape index (κ2) is 6.12. The molecule has 2 atom stereocenters. The summed E-state index contributed by atoms with van der Waals surface area (Å²) in [6.07, 6.45) is 4.82. The van der Waals surface area contributed by atoms with Crippen LogP contribution in [0.1, 0.15) is 39.5 Å². The topological polar surface area (TPSA) is 32.3 Å². The molecule has 15 heavy (non-hydrogen) atoms. The van der Waals surface area contributed by atoms with Gasteiger partial charge in [0.15, 0.2) is 0 Å². The van der Waals surface area contributed by atoms with Gasteiger partial charge in [0.1, 0.15) is 0 Å². The number of rotatable bonds is 6. The molecule has 0 spiro atoms. The summed E-state index contributed by atoms with van der Waals surface area (Å²) in [6.45, 7) is 4.84. The first kappa shape index (κ1) is 13.3. The Balaban J connectivity index is 2.24. The second-order valence-corrected chi connectivity index (χ2v) is 6.51. The fourth-order valence-electron chi connectivity index (χ4n) is 2.14. The predicted octanol–water partition coefficient (Wildman–Crippen LogP) is 2.27. The maximum absolute atomic E-state index is 9.38. The summed E-state index contributed by atoms with van der Waals surface area (Å²) in [7, 11) is 1.97. The molecule has 2 N–H and O–H groups in total. The van der Waals surface area contributed by atoms with E-state index in [1.807, 2.05) is 7.05 Å². The SMILES string of the molecule is CNC1(CO)CCC(SCCC(C)C)C1. The molecule has 1 aliphatic carbocycles. The zero-order valence-electron chi connectivity index (χ0n) is 10.3. The molecule has 1 fully saturated rings. The lowest BCUT2D eigenvalue weighted by atomic mass is 10.00. The maximum Gasteiger partial charge on any atom is 0.0613 e. The quantitative estimate of drug-likeness (QED) is 0.735. The van der Waals surface area contributed by atoms with Crippen molar-refractivity contribution in [1.29, 1.82) is 0 Å². The molecular weight excluding hydrogens is 206 g/mol. The van der Waals surface area contributed by atoms with E-state index in [0.717, 1.165) is 24.0 Å². The lowest BCUT2D eigenvalue weighted by Gasteiger charge is -2.26. The normalized spacial score (nSPS) is 31.4. The Labute approximate surface area is 98.2 Å². The number of aliphatic hydroxyl groups is 1. The molecule has 2 unspecified atom stereocenters. The molecule has 3 heteroatoms. The minimum atomic E-state index is 0.0233. The van der Waals surface area contributed by atoms with Crippen molar-refractivity contribution < 1.29 is 5.11 Å². The highest BCUT2D eigenvalue weighted by molar-refractivity contribution is 7.99. The summed E-state index contributed by atoms with van der Waals surface area (Å²) in [4.78, 5) is 0. The Morgan fingerprint density at radius 3 is 2.73 bits per heavy atom. The average molecular weight is 231 g/mol. The van der Waals surface area contributed by atoms with E-state index in [-0.39, 0.29) is 12.1 Å². The Morgan fingerprint density at radius 2 is 2.27 bits per heavy atom. The Morgan fingerprint density at radius 1 is 1.53 bits per heavy atom. The number of likely N-dealkylation sites (N-methyl/N-ethyl adjacent to an activating group) is 1. The third kappa shape index (κ3) is 3.97. The Bertz CT molecular complexity index is 180. The van der Waals surface area contributed by atoms with Gasteiger partial charge in [-0.15, -0.1) is 0 Å². The van der Waals surface area contributed by atoms with Crippen molar-refractivity contribution >= 4 is 11.8 Å². The van der Waals surface area contributed by atoms with Crippen molar-refractivity contribution in [2.75, 3.05) is 19.4 Å². The maximum atomic E-state index is 9.38. The highest BCUT2D eigenvalue weighted by Gasteiger charge is 2.37. The summed E-state index contributed by atoms with van der Waals surface area (Å²) in [5.74, 6) is 2.08. The van der Waals surface area contributed by atoms with Crippen LogP contribution in [0.5, 0.6) is 0 Å². The Kier molecular flexibility index (Phi) is 5.44. The van der Waals surface area contributed by atoms with E-state index >= 15 is 0 Å². The van der Waals surface area contributed by atoms with Crippen LogP contribution in [0.3, 0.4) is 0 Å². The summed E-state index contributed by atoms with van der Waals surface area (Å²) < 4.78 is 0. The van der Waals surface area contributed by atoms with E-state index in [1.165, 1.54) is 18.6 Å². The summed E-state index contributed by atoms with van der Waals surface area (Å²) in [6, 6.07) is 0. The van der Waals surface area contributed by atoms with Gasteiger partial charge in [-0.25, -0.2) is 0 Å². The minimum Gasteiger partial charge on any atom is -0.394 e. The van der Waals surface area contributed by atoms with Crippen molar-refractivity contribution in [2.24, 2.45) is 5.92 Å². The molecule has 0 heterocycles. The van der Waals surface area contributed by atoms with Crippen LogP contribution in [-0.2, 0) is 0 Å². The van der Waals surface area contributed by atoms with E-state index in [2.05, 4.69) is 30.9 Å². The number of thioether (sulfide) groups is 1. The van der Waals surface area contributed by atoms with Crippen LogP contribution in [0, 0.1) is 5.92 Å². The first-order valence-electron chi connectivity index (χ1n) is 6.03. The van der Waals surface area contributed by atoms with E-state index in [1.54, 1.807) is 0 Å². The van der Waals surface area contributed by atoms with Crippen molar-refractivity contribution in [3.8, 4) is 0 Å².